The number of methoxy groups -OCH3 is 1. The monoisotopic (exact) mass is 328 g/mol. The first kappa shape index (κ1) is 15.5. The van der Waals surface area contributed by atoms with Gasteiger partial charge in [0.2, 0.25) is 11.8 Å². The second kappa shape index (κ2) is 7.13. The number of carbonyl (C=O) groups excluding carboxylic acids is 2. The Labute approximate surface area is 120 Å². The lowest BCUT2D eigenvalue weighted by Crippen LogP contribution is -2.22. The minimum Gasteiger partial charge on any atom is -0.495 e. The number of alkyl halides is 1. The first-order valence-electron chi connectivity index (χ1n) is 5.88. The van der Waals surface area contributed by atoms with Gasteiger partial charge in [0.05, 0.1) is 17.6 Å². The van der Waals surface area contributed by atoms with E-state index in [1.165, 1.54) is 14.0 Å². The molecule has 1 atom stereocenters. The van der Waals surface area contributed by atoms with Crippen LogP contribution in [-0.4, -0.2) is 23.8 Å². The van der Waals surface area contributed by atoms with Crippen molar-refractivity contribution in [3.05, 3.63) is 18.2 Å². The van der Waals surface area contributed by atoms with Crippen molar-refractivity contribution in [2.45, 2.75) is 25.1 Å². The average molecular weight is 329 g/mol. The molecule has 0 aliphatic heterocycles. The minimum atomic E-state index is -0.262. The summed E-state index contributed by atoms with van der Waals surface area (Å²) >= 11 is 3.28. The highest BCUT2D eigenvalue weighted by atomic mass is 79.9. The van der Waals surface area contributed by atoms with Crippen LogP contribution in [0.5, 0.6) is 5.75 Å². The van der Waals surface area contributed by atoms with Crippen molar-refractivity contribution in [1.29, 1.82) is 0 Å². The van der Waals surface area contributed by atoms with Gasteiger partial charge < -0.3 is 15.4 Å². The fraction of sp³-hybridized carbons (Fsp3) is 0.385. The summed E-state index contributed by atoms with van der Waals surface area (Å²) in [7, 11) is 1.52. The normalized spacial score (nSPS) is 11.6. The smallest absolute Gasteiger partial charge is 0.238 e. The number of amides is 2. The number of nitrogens with one attached hydrogen (secondary N) is 2. The minimum absolute atomic E-state index is 0.152. The molecular weight excluding hydrogens is 312 g/mol. The number of benzene rings is 1. The summed E-state index contributed by atoms with van der Waals surface area (Å²) in [5, 5.41) is 5.42. The molecule has 104 valence electrons. The van der Waals surface area contributed by atoms with E-state index in [2.05, 4.69) is 26.6 Å². The molecule has 2 N–H and O–H groups in total. The fourth-order valence-corrected chi connectivity index (χ4v) is 1.60. The molecule has 0 saturated heterocycles. The van der Waals surface area contributed by atoms with Gasteiger partial charge in [-0.2, -0.15) is 0 Å². The molecule has 6 heteroatoms. The number of hydrogen-bond acceptors (Lipinski definition) is 3. The molecule has 1 aromatic rings. The van der Waals surface area contributed by atoms with Crippen molar-refractivity contribution in [2.75, 3.05) is 17.7 Å². The number of rotatable bonds is 5. The molecule has 0 aromatic heterocycles. The Morgan fingerprint density at radius 2 is 2.05 bits per heavy atom. The van der Waals surface area contributed by atoms with E-state index >= 15 is 0 Å². The van der Waals surface area contributed by atoms with Crippen molar-refractivity contribution in [2.24, 2.45) is 0 Å². The molecule has 5 nitrogen and oxygen atoms in total. The third-order valence-corrected chi connectivity index (χ3v) is 3.48. The zero-order valence-corrected chi connectivity index (χ0v) is 12.7. The Morgan fingerprint density at radius 1 is 1.37 bits per heavy atom. The Bertz CT molecular complexity index is 477. The van der Waals surface area contributed by atoms with Crippen molar-refractivity contribution < 1.29 is 14.3 Å². The predicted octanol–water partition coefficient (Wildman–Crippen LogP) is 2.77. The Hall–Kier alpha value is -1.56. The Kier molecular flexibility index (Phi) is 5.82. The summed E-state index contributed by atoms with van der Waals surface area (Å²) in [6, 6.07) is 5.06. The largest absolute Gasteiger partial charge is 0.495 e. The maximum absolute atomic E-state index is 11.8. The summed E-state index contributed by atoms with van der Waals surface area (Å²) in [6.07, 6.45) is 0.680. The number of halogens is 1. The maximum atomic E-state index is 11.8. The molecule has 19 heavy (non-hydrogen) atoms. The van der Waals surface area contributed by atoms with Gasteiger partial charge in [0.15, 0.2) is 0 Å². The van der Waals surface area contributed by atoms with Gasteiger partial charge in [0.25, 0.3) is 0 Å². The van der Waals surface area contributed by atoms with Gasteiger partial charge in [-0.3, -0.25) is 9.59 Å². The van der Waals surface area contributed by atoms with E-state index in [1.54, 1.807) is 18.2 Å². The second-order valence-electron chi connectivity index (χ2n) is 3.96. The van der Waals surface area contributed by atoms with Gasteiger partial charge in [-0.15, -0.1) is 0 Å². The highest BCUT2D eigenvalue weighted by molar-refractivity contribution is 9.10. The summed E-state index contributed by atoms with van der Waals surface area (Å²) < 4.78 is 5.18. The van der Waals surface area contributed by atoms with Gasteiger partial charge in [0.1, 0.15) is 5.75 Å². The average Bonchev–Trinajstić information content (AvgIpc) is 2.37. The zero-order chi connectivity index (χ0) is 14.4. The predicted molar refractivity (Wildman–Crippen MR) is 78.9 cm³/mol. The van der Waals surface area contributed by atoms with Crippen LogP contribution < -0.4 is 15.4 Å². The molecule has 0 fully saturated rings. The van der Waals surface area contributed by atoms with Crippen LogP contribution in [0.3, 0.4) is 0 Å². The van der Waals surface area contributed by atoms with Gasteiger partial charge in [-0.25, -0.2) is 0 Å². The van der Waals surface area contributed by atoms with Crippen molar-refractivity contribution in [3.8, 4) is 5.75 Å². The van der Waals surface area contributed by atoms with E-state index in [-0.39, 0.29) is 16.6 Å². The maximum Gasteiger partial charge on any atom is 0.238 e. The number of ether oxygens (including phenoxy) is 1. The molecule has 0 aliphatic carbocycles. The number of carbonyl (C=O) groups is 2. The first-order chi connectivity index (χ1) is 8.97. The highest BCUT2D eigenvalue weighted by Gasteiger charge is 2.15. The lowest BCUT2D eigenvalue weighted by atomic mass is 10.2. The lowest BCUT2D eigenvalue weighted by molar-refractivity contribution is -0.116. The summed E-state index contributed by atoms with van der Waals surface area (Å²) in [5.74, 6) is 0.216. The van der Waals surface area contributed by atoms with E-state index in [9.17, 15) is 9.59 Å². The van der Waals surface area contributed by atoms with E-state index in [0.717, 1.165) is 0 Å². The Morgan fingerprint density at radius 3 is 2.58 bits per heavy atom. The van der Waals surface area contributed by atoms with E-state index in [1.807, 2.05) is 6.92 Å². The van der Waals surface area contributed by atoms with Crippen LogP contribution in [0, 0.1) is 0 Å². The number of anilines is 2. The standard InChI is InChI=1S/C13H17BrN2O3/c1-4-10(14)13(18)16-11-7-9(15-8(2)17)5-6-12(11)19-3/h5-7,10H,4H2,1-3H3,(H,15,17)(H,16,18). The van der Waals surface area contributed by atoms with Crippen LogP contribution in [0.4, 0.5) is 11.4 Å². The van der Waals surface area contributed by atoms with E-state index in [4.69, 9.17) is 4.74 Å². The van der Waals surface area contributed by atoms with Crippen LogP contribution in [0.2, 0.25) is 0 Å². The molecule has 1 aromatic carbocycles. The topological polar surface area (TPSA) is 67.4 Å². The molecule has 0 bridgehead atoms. The number of hydrogen-bond donors (Lipinski definition) is 2. The SMILES string of the molecule is CCC(Br)C(=O)Nc1cc(NC(C)=O)ccc1OC. The molecular formula is C13H17BrN2O3. The van der Waals surface area contributed by atoms with Crippen molar-refractivity contribution >= 4 is 39.1 Å². The van der Waals surface area contributed by atoms with Gasteiger partial charge in [0, 0.05) is 12.6 Å². The molecule has 0 saturated carbocycles. The first-order valence-corrected chi connectivity index (χ1v) is 6.80. The highest BCUT2D eigenvalue weighted by Crippen LogP contribution is 2.28. The van der Waals surface area contributed by atoms with Crippen LogP contribution in [0.15, 0.2) is 18.2 Å². The van der Waals surface area contributed by atoms with Crippen LogP contribution in [0.1, 0.15) is 20.3 Å². The second-order valence-corrected chi connectivity index (χ2v) is 5.07. The molecule has 1 unspecified atom stereocenters. The van der Waals surface area contributed by atoms with Crippen molar-refractivity contribution in [3.63, 3.8) is 0 Å². The quantitative estimate of drug-likeness (QED) is 0.816. The van der Waals surface area contributed by atoms with Crippen LogP contribution in [-0.2, 0) is 9.59 Å². The van der Waals surface area contributed by atoms with Gasteiger partial charge in [-0.1, -0.05) is 22.9 Å². The third-order valence-electron chi connectivity index (χ3n) is 2.42. The van der Waals surface area contributed by atoms with Crippen LogP contribution >= 0.6 is 15.9 Å². The van der Waals surface area contributed by atoms with E-state index in [0.29, 0.717) is 23.5 Å². The summed E-state index contributed by atoms with van der Waals surface area (Å²) in [6.45, 7) is 3.33. The Balaban J connectivity index is 2.95. The summed E-state index contributed by atoms with van der Waals surface area (Å²) in [5.41, 5.74) is 1.13. The van der Waals surface area contributed by atoms with Gasteiger partial charge in [-0.05, 0) is 24.6 Å². The lowest BCUT2D eigenvalue weighted by Gasteiger charge is -2.14. The molecule has 0 aliphatic rings. The van der Waals surface area contributed by atoms with Gasteiger partial charge >= 0.3 is 0 Å². The molecule has 0 radical (unpaired) electrons. The fourth-order valence-electron chi connectivity index (χ4n) is 1.48. The zero-order valence-electron chi connectivity index (χ0n) is 11.1. The van der Waals surface area contributed by atoms with E-state index < -0.39 is 0 Å². The third kappa shape index (κ3) is 4.55. The summed E-state index contributed by atoms with van der Waals surface area (Å²) in [4.78, 5) is 22.6. The molecule has 0 heterocycles. The van der Waals surface area contributed by atoms with Crippen LogP contribution in [0.25, 0.3) is 0 Å². The molecule has 1 rings (SSSR count). The molecule has 2 amide bonds. The molecule has 0 spiro atoms. The van der Waals surface area contributed by atoms with Crippen molar-refractivity contribution in [1.82, 2.24) is 0 Å².